The molecule has 136 valence electrons. The molecule has 0 atom stereocenters. The average Bonchev–Trinajstić information content (AvgIpc) is 3.13. The van der Waals surface area contributed by atoms with Crippen LogP contribution in [0, 0.1) is 6.92 Å². The Morgan fingerprint density at radius 2 is 1.89 bits per heavy atom. The van der Waals surface area contributed by atoms with Crippen LogP contribution in [0.4, 0.5) is 5.69 Å². The molecule has 1 amide bonds. The van der Waals surface area contributed by atoms with Gasteiger partial charge in [0.25, 0.3) is 0 Å². The van der Waals surface area contributed by atoms with Crippen LogP contribution in [-0.2, 0) is 4.79 Å². The Hall–Kier alpha value is -2.89. The Bertz CT molecular complexity index is 996. The average molecular weight is 397 g/mol. The van der Waals surface area contributed by atoms with Gasteiger partial charge in [-0.15, -0.1) is 0 Å². The molecule has 0 aliphatic heterocycles. The third kappa shape index (κ3) is 5.29. The van der Waals surface area contributed by atoms with Crippen LogP contribution in [0.25, 0.3) is 17.4 Å². The van der Waals surface area contributed by atoms with Gasteiger partial charge in [-0.05, 0) is 55.0 Å². The van der Waals surface area contributed by atoms with Crippen molar-refractivity contribution >= 4 is 46.6 Å². The van der Waals surface area contributed by atoms with Crippen molar-refractivity contribution in [2.75, 3.05) is 5.32 Å². The van der Waals surface area contributed by atoms with Crippen molar-refractivity contribution in [2.24, 2.45) is 0 Å². The molecule has 0 saturated heterocycles. The van der Waals surface area contributed by atoms with Gasteiger partial charge >= 0.3 is 0 Å². The zero-order valence-electron chi connectivity index (χ0n) is 14.5. The van der Waals surface area contributed by atoms with E-state index in [0.29, 0.717) is 10.8 Å². The predicted molar refractivity (Wildman–Crippen MR) is 114 cm³/mol. The van der Waals surface area contributed by atoms with E-state index in [-0.39, 0.29) is 11.0 Å². The topological polar surface area (TPSA) is 54.3 Å². The van der Waals surface area contributed by atoms with Gasteiger partial charge in [0.05, 0.1) is 0 Å². The maximum atomic E-state index is 12.1. The normalized spacial score (nSPS) is 10.7. The van der Waals surface area contributed by atoms with Crippen LogP contribution < -0.4 is 10.6 Å². The monoisotopic (exact) mass is 396 g/mol. The molecule has 3 rings (SSSR count). The summed E-state index contributed by atoms with van der Waals surface area (Å²) in [5.41, 5.74) is 2.69. The molecular formula is C21H17ClN2O2S. The third-order valence-electron chi connectivity index (χ3n) is 3.77. The third-order valence-corrected chi connectivity index (χ3v) is 4.21. The lowest BCUT2D eigenvalue weighted by molar-refractivity contribution is -0.115. The Morgan fingerprint density at radius 3 is 2.67 bits per heavy atom. The molecule has 0 spiro atoms. The van der Waals surface area contributed by atoms with E-state index in [9.17, 15) is 4.79 Å². The van der Waals surface area contributed by atoms with Crippen LogP contribution in [0.5, 0.6) is 0 Å². The molecule has 0 bridgehead atoms. The summed E-state index contributed by atoms with van der Waals surface area (Å²) in [5, 5.41) is 6.34. The standard InChI is InChI=1S/C21H17ClN2O2S/c1-14-7-8-16(22)13-18(14)23-21(27)24-20(25)12-10-17-9-11-19(26-17)15-5-3-2-4-6-15/h2-13H,1H3,(H2,23,24,25,27)/b12-10+. The number of furan rings is 1. The highest BCUT2D eigenvalue weighted by atomic mass is 35.5. The van der Waals surface area contributed by atoms with E-state index in [1.807, 2.05) is 49.4 Å². The lowest BCUT2D eigenvalue weighted by Gasteiger charge is -2.11. The van der Waals surface area contributed by atoms with E-state index in [1.165, 1.54) is 6.08 Å². The first-order chi connectivity index (χ1) is 13.0. The number of benzene rings is 2. The summed E-state index contributed by atoms with van der Waals surface area (Å²) >= 11 is 11.1. The van der Waals surface area contributed by atoms with Gasteiger partial charge in [0.15, 0.2) is 5.11 Å². The van der Waals surface area contributed by atoms with Crippen molar-refractivity contribution < 1.29 is 9.21 Å². The Balaban J connectivity index is 1.58. The Labute approximate surface area is 167 Å². The first-order valence-electron chi connectivity index (χ1n) is 8.23. The Kier molecular flexibility index (Phi) is 6.06. The number of carbonyl (C=O) groups excluding carboxylic acids is 1. The zero-order chi connectivity index (χ0) is 19.2. The molecule has 0 fully saturated rings. The molecule has 0 aliphatic carbocycles. The van der Waals surface area contributed by atoms with Crippen LogP contribution in [0.15, 0.2) is 71.2 Å². The fourth-order valence-electron chi connectivity index (χ4n) is 2.39. The molecule has 2 N–H and O–H groups in total. The minimum absolute atomic E-state index is 0.194. The first kappa shape index (κ1) is 18.9. The maximum Gasteiger partial charge on any atom is 0.250 e. The van der Waals surface area contributed by atoms with E-state index in [4.69, 9.17) is 28.2 Å². The number of aryl methyl sites for hydroxylation is 1. The number of amides is 1. The second kappa shape index (κ2) is 8.66. The molecule has 3 aromatic rings. The first-order valence-corrected chi connectivity index (χ1v) is 9.01. The summed E-state index contributed by atoms with van der Waals surface area (Å²) in [7, 11) is 0. The van der Waals surface area contributed by atoms with Crippen LogP contribution in [0.2, 0.25) is 5.02 Å². The summed E-state index contributed by atoms with van der Waals surface area (Å²) in [6.07, 6.45) is 2.96. The summed E-state index contributed by atoms with van der Waals surface area (Å²) < 4.78 is 5.72. The minimum Gasteiger partial charge on any atom is -0.457 e. The SMILES string of the molecule is Cc1ccc(Cl)cc1NC(=S)NC(=O)/C=C/c1ccc(-c2ccccc2)o1. The van der Waals surface area contributed by atoms with Crippen LogP contribution in [0.1, 0.15) is 11.3 Å². The summed E-state index contributed by atoms with van der Waals surface area (Å²) in [6.45, 7) is 1.92. The van der Waals surface area contributed by atoms with Gasteiger partial charge in [-0.25, -0.2) is 0 Å². The lowest BCUT2D eigenvalue weighted by atomic mass is 10.2. The molecular weight excluding hydrogens is 380 g/mol. The molecule has 27 heavy (non-hydrogen) atoms. The van der Waals surface area contributed by atoms with Gasteiger partial charge < -0.3 is 9.73 Å². The van der Waals surface area contributed by atoms with E-state index >= 15 is 0 Å². The molecule has 6 heteroatoms. The summed E-state index contributed by atoms with van der Waals surface area (Å²) in [6, 6.07) is 18.8. The van der Waals surface area contributed by atoms with E-state index in [1.54, 1.807) is 24.3 Å². The van der Waals surface area contributed by atoms with Crippen molar-refractivity contribution in [3.63, 3.8) is 0 Å². The van der Waals surface area contributed by atoms with Gasteiger partial charge in [-0.3, -0.25) is 10.1 Å². The van der Waals surface area contributed by atoms with Crippen LogP contribution in [0.3, 0.4) is 0 Å². The predicted octanol–water partition coefficient (Wildman–Crippen LogP) is 5.43. The van der Waals surface area contributed by atoms with Gasteiger partial charge in [0.2, 0.25) is 5.91 Å². The van der Waals surface area contributed by atoms with Crippen LogP contribution in [-0.4, -0.2) is 11.0 Å². The highest BCUT2D eigenvalue weighted by molar-refractivity contribution is 7.80. The maximum absolute atomic E-state index is 12.1. The zero-order valence-corrected chi connectivity index (χ0v) is 16.1. The number of anilines is 1. The van der Waals surface area contributed by atoms with Crippen molar-refractivity contribution in [3.8, 4) is 11.3 Å². The van der Waals surface area contributed by atoms with E-state index < -0.39 is 0 Å². The number of carbonyl (C=O) groups is 1. The van der Waals surface area contributed by atoms with Gasteiger partial charge in [-0.2, -0.15) is 0 Å². The van der Waals surface area contributed by atoms with E-state index in [2.05, 4.69) is 10.6 Å². The second-order valence-corrected chi connectivity index (χ2v) is 6.65. The highest BCUT2D eigenvalue weighted by Gasteiger charge is 2.06. The quantitative estimate of drug-likeness (QED) is 0.455. The van der Waals surface area contributed by atoms with Crippen molar-refractivity contribution in [1.82, 2.24) is 5.32 Å². The lowest BCUT2D eigenvalue weighted by Crippen LogP contribution is -2.33. The van der Waals surface area contributed by atoms with E-state index in [0.717, 1.165) is 22.6 Å². The molecule has 0 unspecified atom stereocenters. The molecule has 2 aromatic carbocycles. The molecule has 1 heterocycles. The largest absolute Gasteiger partial charge is 0.457 e. The fraction of sp³-hybridized carbons (Fsp3) is 0.0476. The Morgan fingerprint density at radius 1 is 1.11 bits per heavy atom. The summed E-state index contributed by atoms with van der Waals surface area (Å²) in [5.74, 6) is 0.961. The molecule has 0 saturated carbocycles. The fourth-order valence-corrected chi connectivity index (χ4v) is 2.78. The highest BCUT2D eigenvalue weighted by Crippen LogP contribution is 2.22. The van der Waals surface area contributed by atoms with Gasteiger partial charge in [0, 0.05) is 22.3 Å². The second-order valence-electron chi connectivity index (χ2n) is 5.80. The minimum atomic E-state index is -0.357. The molecule has 0 aliphatic rings. The number of hydrogen-bond acceptors (Lipinski definition) is 3. The molecule has 4 nitrogen and oxygen atoms in total. The van der Waals surface area contributed by atoms with Gasteiger partial charge in [0.1, 0.15) is 11.5 Å². The number of rotatable bonds is 4. The molecule has 0 radical (unpaired) electrons. The van der Waals surface area contributed by atoms with Crippen molar-refractivity contribution in [3.05, 3.63) is 83.1 Å². The summed E-state index contributed by atoms with van der Waals surface area (Å²) in [4.78, 5) is 12.1. The number of hydrogen-bond donors (Lipinski definition) is 2. The number of nitrogens with one attached hydrogen (secondary N) is 2. The number of thiocarbonyl (C=S) groups is 1. The smallest absolute Gasteiger partial charge is 0.250 e. The molecule has 1 aromatic heterocycles. The van der Waals surface area contributed by atoms with Crippen LogP contribution >= 0.6 is 23.8 Å². The van der Waals surface area contributed by atoms with Crippen molar-refractivity contribution in [2.45, 2.75) is 6.92 Å². The van der Waals surface area contributed by atoms with Crippen molar-refractivity contribution in [1.29, 1.82) is 0 Å². The number of halogens is 1. The van der Waals surface area contributed by atoms with Gasteiger partial charge in [-0.1, -0.05) is 48.0 Å².